The summed E-state index contributed by atoms with van der Waals surface area (Å²) < 4.78 is 6.47. The quantitative estimate of drug-likeness (QED) is 0.567. The van der Waals surface area contributed by atoms with E-state index in [2.05, 4.69) is 46.3 Å². The molecule has 0 fully saturated rings. The van der Waals surface area contributed by atoms with Crippen LogP contribution in [0.15, 0.2) is 11.4 Å². The molecule has 1 atom stereocenters. The van der Waals surface area contributed by atoms with E-state index in [0.717, 1.165) is 26.0 Å². The lowest BCUT2D eigenvalue weighted by Gasteiger charge is -2.17. The van der Waals surface area contributed by atoms with Crippen LogP contribution in [0.2, 0.25) is 0 Å². The molecule has 0 saturated heterocycles. The average Bonchev–Trinajstić information content (AvgIpc) is 2.70. The highest BCUT2D eigenvalue weighted by Crippen LogP contribution is 2.25. The summed E-state index contributed by atoms with van der Waals surface area (Å²) in [6, 6.07) is 2.78. The predicted molar refractivity (Wildman–Crippen MR) is 79.2 cm³/mol. The molecule has 2 nitrogen and oxygen atoms in total. The maximum atomic E-state index is 5.11. The summed E-state index contributed by atoms with van der Waals surface area (Å²) in [6.45, 7) is 4.15. The van der Waals surface area contributed by atoms with Crippen LogP contribution < -0.4 is 5.32 Å². The van der Waals surface area contributed by atoms with Gasteiger partial charge in [0, 0.05) is 19.8 Å². The van der Waals surface area contributed by atoms with E-state index in [9.17, 15) is 0 Å². The topological polar surface area (TPSA) is 21.3 Å². The molecule has 0 spiro atoms. The van der Waals surface area contributed by atoms with Crippen molar-refractivity contribution < 1.29 is 4.74 Å². The zero-order valence-corrected chi connectivity index (χ0v) is 12.9. The summed E-state index contributed by atoms with van der Waals surface area (Å²) >= 11 is 4.20. The molecule has 1 unspecified atom stereocenters. The van der Waals surface area contributed by atoms with Crippen molar-refractivity contribution in [2.24, 2.45) is 0 Å². The first kappa shape index (κ1) is 14.4. The third kappa shape index (κ3) is 5.12. The fourth-order valence-corrected chi connectivity index (χ4v) is 3.07. The highest BCUT2D eigenvalue weighted by Gasteiger charge is 2.11. The van der Waals surface area contributed by atoms with Crippen LogP contribution in [0.3, 0.4) is 0 Å². The fraction of sp³-hybridized carbons (Fsp3) is 0.667. The standard InChI is InChI=1S/C12H20INOS/c1-3-6-14-11(5-4-7-15-2)10-8-12(13)16-9-10/h8-9,11,14H,3-7H2,1-2H3. The lowest BCUT2D eigenvalue weighted by atomic mass is 10.1. The smallest absolute Gasteiger partial charge is 0.0656 e. The van der Waals surface area contributed by atoms with Gasteiger partial charge in [-0.2, -0.15) is 0 Å². The molecular formula is C12H20INOS. The number of ether oxygens (including phenoxy) is 1. The Morgan fingerprint density at radius 1 is 1.56 bits per heavy atom. The van der Waals surface area contributed by atoms with Crippen LogP contribution in [0.25, 0.3) is 0 Å². The molecule has 1 aromatic rings. The minimum atomic E-state index is 0.495. The van der Waals surface area contributed by atoms with E-state index in [-0.39, 0.29) is 0 Å². The van der Waals surface area contributed by atoms with Crippen molar-refractivity contribution in [3.63, 3.8) is 0 Å². The Bertz CT molecular complexity index is 290. The van der Waals surface area contributed by atoms with Gasteiger partial charge in [0.2, 0.25) is 0 Å². The summed E-state index contributed by atoms with van der Waals surface area (Å²) in [7, 11) is 1.77. The van der Waals surface area contributed by atoms with E-state index >= 15 is 0 Å². The first-order chi connectivity index (χ1) is 7.77. The molecule has 1 aromatic heterocycles. The number of halogens is 1. The Labute approximate surface area is 116 Å². The molecule has 16 heavy (non-hydrogen) atoms. The molecule has 0 aromatic carbocycles. The van der Waals surface area contributed by atoms with Gasteiger partial charge in [0.25, 0.3) is 0 Å². The maximum Gasteiger partial charge on any atom is 0.0656 e. The van der Waals surface area contributed by atoms with Crippen LogP contribution in [-0.2, 0) is 4.74 Å². The molecule has 1 rings (SSSR count). The second-order valence-electron chi connectivity index (χ2n) is 3.83. The summed E-state index contributed by atoms with van der Waals surface area (Å²) in [5.74, 6) is 0. The Hall–Kier alpha value is 0.350. The number of thiophene rings is 1. The lowest BCUT2D eigenvalue weighted by Crippen LogP contribution is -2.22. The van der Waals surface area contributed by atoms with Gasteiger partial charge >= 0.3 is 0 Å². The van der Waals surface area contributed by atoms with Crippen molar-refractivity contribution in [2.75, 3.05) is 20.3 Å². The van der Waals surface area contributed by atoms with Gasteiger partial charge in [0.05, 0.1) is 2.88 Å². The molecule has 0 aliphatic carbocycles. The number of methoxy groups -OCH3 is 1. The van der Waals surface area contributed by atoms with Crippen LogP contribution in [0.1, 0.15) is 37.8 Å². The van der Waals surface area contributed by atoms with E-state index in [4.69, 9.17) is 4.74 Å². The van der Waals surface area contributed by atoms with Gasteiger partial charge in [-0.05, 0) is 65.4 Å². The Balaban J connectivity index is 2.49. The number of nitrogens with one attached hydrogen (secondary N) is 1. The largest absolute Gasteiger partial charge is 0.385 e. The molecule has 0 aliphatic heterocycles. The monoisotopic (exact) mass is 353 g/mol. The maximum absolute atomic E-state index is 5.11. The van der Waals surface area contributed by atoms with Gasteiger partial charge in [0.1, 0.15) is 0 Å². The van der Waals surface area contributed by atoms with Crippen molar-refractivity contribution >= 4 is 33.9 Å². The van der Waals surface area contributed by atoms with E-state index in [1.54, 1.807) is 7.11 Å². The Morgan fingerprint density at radius 3 is 2.94 bits per heavy atom. The lowest BCUT2D eigenvalue weighted by molar-refractivity contribution is 0.189. The van der Waals surface area contributed by atoms with Gasteiger partial charge in [-0.25, -0.2) is 0 Å². The van der Waals surface area contributed by atoms with E-state index in [1.807, 2.05) is 11.3 Å². The van der Waals surface area contributed by atoms with Crippen LogP contribution in [0.4, 0.5) is 0 Å². The van der Waals surface area contributed by atoms with E-state index < -0.39 is 0 Å². The van der Waals surface area contributed by atoms with E-state index in [0.29, 0.717) is 6.04 Å². The van der Waals surface area contributed by atoms with Gasteiger partial charge in [-0.1, -0.05) is 6.92 Å². The second-order valence-corrected chi connectivity index (χ2v) is 6.63. The van der Waals surface area contributed by atoms with Gasteiger partial charge in [-0.3, -0.25) is 0 Å². The first-order valence-corrected chi connectivity index (χ1v) is 7.70. The number of hydrogen-bond acceptors (Lipinski definition) is 3. The molecule has 92 valence electrons. The molecular weight excluding hydrogens is 333 g/mol. The molecule has 0 radical (unpaired) electrons. The fourth-order valence-electron chi connectivity index (χ4n) is 1.64. The second kappa shape index (κ2) is 8.44. The van der Waals surface area contributed by atoms with Crippen molar-refractivity contribution in [3.8, 4) is 0 Å². The summed E-state index contributed by atoms with van der Waals surface area (Å²) in [4.78, 5) is 0. The highest BCUT2D eigenvalue weighted by molar-refractivity contribution is 14.1. The third-order valence-corrected chi connectivity index (χ3v) is 4.28. The van der Waals surface area contributed by atoms with Crippen molar-refractivity contribution in [1.29, 1.82) is 0 Å². The zero-order valence-electron chi connectivity index (χ0n) is 9.96. The van der Waals surface area contributed by atoms with Crippen molar-refractivity contribution in [3.05, 3.63) is 19.9 Å². The van der Waals surface area contributed by atoms with Gasteiger partial charge < -0.3 is 10.1 Å². The molecule has 0 bridgehead atoms. The first-order valence-electron chi connectivity index (χ1n) is 5.74. The van der Waals surface area contributed by atoms with Crippen LogP contribution in [0.5, 0.6) is 0 Å². The Kier molecular flexibility index (Phi) is 7.60. The van der Waals surface area contributed by atoms with Gasteiger partial charge in [0.15, 0.2) is 0 Å². The molecule has 0 amide bonds. The average molecular weight is 353 g/mol. The van der Waals surface area contributed by atoms with E-state index in [1.165, 1.54) is 14.9 Å². The predicted octanol–water partition coefficient (Wildman–Crippen LogP) is 3.82. The molecule has 0 aliphatic rings. The summed E-state index contributed by atoms with van der Waals surface area (Å²) in [5.41, 5.74) is 1.43. The zero-order chi connectivity index (χ0) is 11.8. The number of rotatable bonds is 8. The van der Waals surface area contributed by atoms with Gasteiger partial charge in [-0.15, -0.1) is 11.3 Å². The SMILES string of the molecule is CCCNC(CCCOC)c1csc(I)c1. The minimum Gasteiger partial charge on any atom is -0.385 e. The van der Waals surface area contributed by atoms with Crippen LogP contribution in [0, 0.1) is 2.88 Å². The normalized spacial score (nSPS) is 12.9. The van der Waals surface area contributed by atoms with Crippen molar-refractivity contribution in [2.45, 2.75) is 32.2 Å². The minimum absolute atomic E-state index is 0.495. The number of hydrogen-bond donors (Lipinski definition) is 1. The third-order valence-electron chi connectivity index (χ3n) is 2.47. The molecule has 1 heterocycles. The summed E-state index contributed by atoms with van der Waals surface area (Å²) in [5, 5.41) is 5.87. The molecule has 4 heteroatoms. The van der Waals surface area contributed by atoms with Crippen LogP contribution >= 0.6 is 33.9 Å². The highest BCUT2D eigenvalue weighted by atomic mass is 127. The summed E-state index contributed by atoms with van der Waals surface area (Å²) in [6.07, 6.45) is 3.45. The van der Waals surface area contributed by atoms with Crippen molar-refractivity contribution in [1.82, 2.24) is 5.32 Å². The van der Waals surface area contributed by atoms with Crippen LogP contribution in [-0.4, -0.2) is 20.3 Å². The molecule has 1 N–H and O–H groups in total. The molecule has 0 saturated carbocycles. The Morgan fingerprint density at radius 2 is 2.38 bits per heavy atom.